The number of amides is 1. The molecular formula is C13H19N3O3S. The van der Waals surface area contributed by atoms with Crippen LogP contribution < -0.4 is 5.32 Å². The van der Waals surface area contributed by atoms with Gasteiger partial charge in [0.25, 0.3) is 0 Å². The molecule has 0 radical (unpaired) electrons. The van der Waals surface area contributed by atoms with E-state index in [4.69, 9.17) is 0 Å². The molecule has 1 aromatic heterocycles. The van der Waals surface area contributed by atoms with Crippen molar-refractivity contribution in [1.82, 2.24) is 14.9 Å². The van der Waals surface area contributed by atoms with Gasteiger partial charge in [-0.05, 0) is 18.8 Å². The number of carbonyl (C=O) groups is 1. The van der Waals surface area contributed by atoms with Crippen molar-refractivity contribution in [2.45, 2.75) is 38.3 Å². The van der Waals surface area contributed by atoms with Crippen molar-refractivity contribution in [3.05, 3.63) is 18.2 Å². The Labute approximate surface area is 118 Å². The summed E-state index contributed by atoms with van der Waals surface area (Å²) < 4.78 is 24.8. The van der Waals surface area contributed by atoms with Crippen LogP contribution in [0.4, 0.5) is 0 Å². The predicted octanol–water partition coefficient (Wildman–Crippen LogP) is 0.139. The lowest BCUT2D eigenvalue weighted by molar-refractivity contribution is -0.122. The number of hydrogen-bond donors (Lipinski definition) is 1. The first-order chi connectivity index (χ1) is 9.52. The molecule has 0 bridgehead atoms. The number of hydrogen-bond acceptors (Lipinski definition) is 4. The van der Waals surface area contributed by atoms with E-state index in [2.05, 4.69) is 14.9 Å². The molecule has 0 aromatic carbocycles. The highest BCUT2D eigenvalue weighted by molar-refractivity contribution is 7.91. The first-order valence-electron chi connectivity index (χ1n) is 7.02. The highest BCUT2D eigenvalue weighted by Crippen LogP contribution is 2.21. The van der Waals surface area contributed by atoms with Gasteiger partial charge in [0.05, 0.1) is 11.5 Å². The molecule has 1 saturated heterocycles. The minimum atomic E-state index is -2.90. The van der Waals surface area contributed by atoms with Crippen molar-refractivity contribution < 1.29 is 13.2 Å². The fourth-order valence-corrected chi connectivity index (χ4v) is 4.93. The predicted molar refractivity (Wildman–Crippen MR) is 73.9 cm³/mol. The van der Waals surface area contributed by atoms with E-state index in [0.717, 1.165) is 25.2 Å². The fourth-order valence-electron chi connectivity index (χ4n) is 3.07. The van der Waals surface area contributed by atoms with Gasteiger partial charge in [0, 0.05) is 37.8 Å². The molecule has 7 heteroatoms. The maximum Gasteiger partial charge on any atom is 0.220 e. The largest absolute Gasteiger partial charge is 0.352 e. The highest BCUT2D eigenvalue weighted by atomic mass is 32.2. The number of fused-ring (bicyclic) bond motifs is 1. The smallest absolute Gasteiger partial charge is 0.220 e. The van der Waals surface area contributed by atoms with Crippen LogP contribution in [0.3, 0.4) is 0 Å². The number of aromatic nitrogens is 2. The zero-order chi connectivity index (χ0) is 14.2. The third-order valence-corrected chi connectivity index (χ3v) is 5.94. The summed E-state index contributed by atoms with van der Waals surface area (Å²) in [5, 5.41) is 3.02. The summed E-state index contributed by atoms with van der Waals surface area (Å²) in [5.41, 5.74) is 0. The minimum Gasteiger partial charge on any atom is -0.352 e. The van der Waals surface area contributed by atoms with Crippen molar-refractivity contribution in [1.29, 1.82) is 0 Å². The summed E-state index contributed by atoms with van der Waals surface area (Å²) in [6.07, 6.45) is 6.42. The van der Waals surface area contributed by atoms with Crippen LogP contribution >= 0.6 is 0 Å². The molecule has 0 aliphatic carbocycles. The molecule has 2 unspecified atom stereocenters. The second kappa shape index (κ2) is 5.20. The Hall–Kier alpha value is -1.37. The number of rotatable bonds is 3. The van der Waals surface area contributed by atoms with E-state index >= 15 is 0 Å². The Morgan fingerprint density at radius 1 is 1.45 bits per heavy atom. The molecule has 1 aromatic rings. The van der Waals surface area contributed by atoms with Crippen LogP contribution in [0.15, 0.2) is 12.4 Å². The zero-order valence-electron chi connectivity index (χ0n) is 11.3. The van der Waals surface area contributed by atoms with Gasteiger partial charge in [0.15, 0.2) is 9.84 Å². The quantitative estimate of drug-likeness (QED) is 0.860. The van der Waals surface area contributed by atoms with Gasteiger partial charge in [-0.25, -0.2) is 13.4 Å². The summed E-state index contributed by atoms with van der Waals surface area (Å²) in [6, 6.07) is 0.127. The average Bonchev–Trinajstić information content (AvgIpc) is 2.95. The van der Waals surface area contributed by atoms with E-state index in [0.29, 0.717) is 12.8 Å². The van der Waals surface area contributed by atoms with E-state index < -0.39 is 9.84 Å². The first kappa shape index (κ1) is 13.6. The first-order valence-corrected chi connectivity index (χ1v) is 8.84. The SMILES string of the molecule is O=C(CC1CCS(=O)(=O)C1)NC1CCc2nccn2C1. The molecule has 20 heavy (non-hydrogen) atoms. The standard InChI is InChI=1S/C13H19N3O3S/c17-13(7-10-3-6-20(18,19)9-10)15-11-1-2-12-14-4-5-16(12)8-11/h4-5,10-11H,1-3,6-9H2,(H,15,17). The zero-order valence-corrected chi connectivity index (χ0v) is 12.1. The topological polar surface area (TPSA) is 81.1 Å². The Morgan fingerprint density at radius 2 is 2.30 bits per heavy atom. The fraction of sp³-hybridized carbons (Fsp3) is 0.692. The molecule has 110 valence electrons. The monoisotopic (exact) mass is 297 g/mol. The van der Waals surface area contributed by atoms with Gasteiger partial charge in [-0.3, -0.25) is 4.79 Å². The Balaban J connectivity index is 1.51. The van der Waals surface area contributed by atoms with Gasteiger partial charge < -0.3 is 9.88 Å². The molecule has 2 aliphatic heterocycles. The van der Waals surface area contributed by atoms with Gasteiger partial charge in [-0.1, -0.05) is 0 Å². The average molecular weight is 297 g/mol. The van der Waals surface area contributed by atoms with E-state index in [9.17, 15) is 13.2 Å². The molecule has 2 atom stereocenters. The van der Waals surface area contributed by atoms with Crippen LogP contribution in [0, 0.1) is 5.92 Å². The van der Waals surface area contributed by atoms with E-state index in [1.54, 1.807) is 6.20 Å². The molecule has 1 fully saturated rings. The number of nitrogens with one attached hydrogen (secondary N) is 1. The minimum absolute atomic E-state index is 0.00704. The van der Waals surface area contributed by atoms with Gasteiger partial charge in [-0.15, -0.1) is 0 Å². The van der Waals surface area contributed by atoms with E-state index in [1.807, 2.05) is 6.20 Å². The second-order valence-electron chi connectivity index (χ2n) is 5.77. The van der Waals surface area contributed by atoms with Crippen molar-refractivity contribution in [2.24, 2.45) is 5.92 Å². The lowest BCUT2D eigenvalue weighted by atomic mass is 10.0. The molecule has 3 rings (SSSR count). The van der Waals surface area contributed by atoms with Gasteiger partial charge >= 0.3 is 0 Å². The third kappa shape index (κ3) is 3.03. The number of carbonyl (C=O) groups excluding carboxylic acids is 1. The summed E-state index contributed by atoms with van der Waals surface area (Å²) in [5.74, 6) is 1.43. The normalized spacial score (nSPS) is 28.0. The van der Waals surface area contributed by atoms with Crippen LogP contribution in [-0.4, -0.2) is 41.4 Å². The Morgan fingerprint density at radius 3 is 3.05 bits per heavy atom. The molecule has 6 nitrogen and oxygen atoms in total. The summed E-state index contributed by atoms with van der Waals surface area (Å²) in [6.45, 7) is 0.754. The van der Waals surface area contributed by atoms with Crippen molar-refractivity contribution in [3.63, 3.8) is 0 Å². The van der Waals surface area contributed by atoms with Crippen molar-refractivity contribution >= 4 is 15.7 Å². The van der Waals surface area contributed by atoms with Crippen LogP contribution in [-0.2, 0) is 27.6 Å². The molecule has 0 spiro atoms. The molecule has 1 N–H and O–H groups in total. The van der Waals surface area contributed by atoms with Gasteiger partial charge in [0.1, 0.15) is 5.82 Å². The summed E-state index contributed by atoms with van der Waals surface area (Å²) in [4.78, 5) is 16.3. The Bertz CT molecular complexity index is 608. The number of nitrogens with zero attached hydrogens (tertiary/aromatic N) is 2. The number of aryl methyl sites for hydroxylation is 1. The number of sulfone groups is 1. The lowest BCUT2D eigenvalue weighted by Gasteiger charge is -2.25. The summed E-state index contributed by atoms with van der Waals surface area (Å²) in [7, 11) is -2.90. The van der Waals surface area contributed by atoms with Crippen LogP contribution in [0.1, 0.15) is 25.1 Å². The molecular weight excluding hydrogens is 278 g/mol. The molecule has 0 saturated carbocycles. The third-order valence-electron chi connectivity index (χ3n) is 4.10. The molecule has 2 aliphatic rings. The van der Waals surface area contributed by atoms with Crippen LogP contribution in [0.25, 0.3) is 0 Å². The molecule has 1 amide bonds. The summed E-state index contributed by atoms with van der Waals surface area (Å²) >= 11 is 0. The second-order valence-corrected chi connectivity index (χ2v) is 8.00. The maximum atomic E-state index is 12.0. The van der Waals surface area contributed by atoms with E-state index in [1.165, 1.54) is 0 Å². The van der Waals surface area contributed by atoms with Crippen LogP contribution in [0.5, 0.6) is 0 Å². The Kier molecular flexibility index (Phi) is 3.54. The van der Waals surface area contributed by atoms with Crippen LogP contribution in [0.2, 0.25) is 0 Å². The maximum absolute atomic E-state index is 12.0. The van der Waals surface area contributed by atoms with Crippen molar-refractivity contribution in [2.75, 3.05) is 11.5 Å². The van der Waals surface area contributed by atoms with Gasteiger partial charge in [-0.2, -0.15) is 0 Å². The van der Waals surface area contributed by atoms with E-state index in [-0.39, 0.29) is 29.4 Å². The van der Waals surface area contributed by atoms with Gasteiger partial charge in [0.2, 0.25) is 5.91 Å². The van der Waals surface area contributed by atoms with Crippen molar-refractivity contribution in [3.8, 4) is 0 Å². The number of imidazole rings is 1. The lowest BCUT2D eigenvalue weighted by Crippen LogP contribution is -2.41. The molecule has 3 heterocycles. The highest BCUT2D eigenvalue weighted by Gasteiger charge is 2.30.